The zero-order valence-corrected chi connectivity index (χ0v) is 8.45. The number of methoxy groups -OCH3 is 1. The van der Waals surface area contributed by atoms with Gasteiger partial charge in [-0.15, -0.1) is 12.3 Å². The first-order chi connectivity index (χ1) is 6.59. The van der Waals surface area contributed by atoms with Gasteiger partial charge in [0.2, 0.25) is 0 Å². The fourth-order valence-corrected chi connectivity index (χ4v) is 0.924. The molecule has 0 spiro atoms. The number of benzene rings is 1. The molecule has 74 valence electrons. The summed E-state index contributed by atoms with van der Waals surface area (Å²) in [7, 11) is 1.41. The topological polar surface area (TPSA) is 29.5 Å². The van der Waals surface area contributed by atoms with Crippen LogP contribution in [0.1, 0.15) is 13.3 Å². The highest BCUT2D eigenvalue weighted by molar-refractivity contribution is 5.22. The van der Waals surface area contributed by atoms with Crippen molar-refractivity contribution in [3.63, 3.8) is 0 Å². The molecule has 0 heterocycles. The maximum atomic E-state index is 8.96. The first kappa shape index (κ1) is 10.8. The van der Waals surface area contributed by atoms with Gasteiger partial charge in [0.15, 0.2) is 5.79 Å². The molecule has 0 saturated heterocycles. The van der Waals surface area contributed by atoms with E-state index in [0.717, 1.165) is 0 Å². The maximum Gasteiger partial charge on any atom is 0.173 e. The van der Waals surface area contributed by atoms with Crippen LogP contribution in [-0.4, -0.2) is 18.0 Å². The monoisotopic (exact) mass is 190 g/mol. The van der Waals surface area contributed by atoms with Gasteiger partial charge in [-0.1, -0.05) is 24.3 Å². The van der Waals surface area contributed by atoms with Crippen molar-refractivity contribution in [1.29, 1.82) is 0 Å². The number of rotatable bonds is 2. The molecule has 2 nitrogen and oxygen atoms in total. The number of hydrogen-bond donors (Lipinski definition) is 1. The average Bonchev–Trinajstić information content (AvgIpc) is 2.12. The first-order valence-electron chi connectivity index (χ1n) is 4.40. The molecule has 0 aromatic carbocycles. The SMILES string of the molecule is C#CCC(C)(O)OC.c1cc2ccc1=2. The van der Waals surface area contributed by atoms with Crippen LogP contribution in [0.3, 0.4) is 0 Å². The fraction of sp³-hybridized carbons (Fsp3) is 0.333. The van der Waals surface area contributed by atoms with E-state index >= 15 is 0 Å². The van der Waals surface area contributed by atoms with Crippen molar-refractivity contribution >= 4 is 0 Å². The predicted octanol–water partition coefficient (Wildman–Crippen LogP) is 1.65. The van der Waals surface area contributed by atoms with Crippen molar-refractivity contribution in [2.75, 3.05) is 7.11 Å². The second kappa shape index (κ2) is 4.28. The number of hydrogen-bond acceptors (Lipinski definition) is 2. The van der Waals surface area contributed by atoms with Gasteiger partial charge < -0.3 is 9.84 Å². The average molecular weight is 190 g/mol. The Hall–Kier alpha value is -1.30. The van der Waals surface area contributed by atoms with Crippen LogP contribution in [0.15, 0.2) is 24.3 Å². The first-order valence-corrected chi connectivity index (χ1v) is 4.40. The molecule has 0 saturated carbocycles. The van der Waals surface area contributed by atoms with Gasteiger partial charge in [0, 0.05) is 7.11 Å². The quantitative estimate of drug-likeness (QED) is 0.576. The van der Waals surface area contributed by atoms with E-state index in [1.54, 1.807) is 0 Å². The molecular weight excluding hydrogens is 176 g/mol. The zero-order chi connectivity index (χ0) is 10.6. The van der Waals surface area contributed by atoms with E-state index in [1.807, 2.05) is 0 Å². The minimum atomic E-state index is -1.14. The van der Waals surface area contributed by atoms with E-state index in [1.165, 1.54) is 24.5 Å². The molecule has 0 aromatic rings. The van der Waals surface area contributed by atoms with Crippen LogP contribution in [0.25, 0.3) is 0 Å². The molecule has 2 heteroatoms. The van der Waals surface area contributed by atoms with Crippen LogP contribution in [0, 0.1) is 22.8 Å². The van der Waals surface area contributed by atoms with Crippen LogP contribution in [0.4, 0.5) is 0 Å². The highest BCUT2D eigenvalue weighted by Crippen LogP contribution is 2.06. The van der Waals surface area contributed by atoms with E-state index in [-0.39, 0.29) is 6.42 Å². The number of terminal acetylenes is 1. The van der Waals surface area contributed by atoms with Crippen molar-refractivity contribution in [3.8, 4) is 12.3 Å². The molecule has 0 aromatic heterocycles. The largest absolute Gasteiger partial charge is 0.365 e. The summed E-state index contributed by atoms with van der Waals surface area (Å²) in [5.74, 6) is 1.14. The van der Waals surface area contributed by atoms with Crippen molar-refractivity contribution in [3.05, 3.63) is 34.7 Å². The molecule has 0 aliphatic heterocycles. The molecule has 1 atom stereocenters. The summed E-state index contributed by atoms with van der Waals surface area (Å²) in [6.07, 6.45) is 5.13. The molecule has 14 heavy (non-hydrogen) atoms. The summed E-state index contributed by atoms with van der Waals surface area (Å²) < 4.78 is 4.59. The van der Waals surface area contributed by atoms with Crippen molar-refractivity contribution in [2.24, 2.45) is 0 Å². The van der Waals surface area contributed by atoms with Gasteiger partial charge >= 0.3 is 0 Å². The molecule has 1 N–H and O–H groups in total. The van der Waals surface area contributed by atoms with Crippen LogP contribution >= 0.6 is 0 Å². The van der Waals surface area contributed by atoms with E-state index in [2.05, 4.69) is 34.9 Å². The molecule has 0 fully saturated rings. The predicted molar refractivity (Wildman–Crippen MR) is 55.2 cm³/mol. The molecular formula is C12H14O2. The van der Waals surface area contributed by atoms with Crippen molar-refractivity contribution in [2.45, 2.75) is 19.1 Å². The molecule has 2 aliphatic rings. The van der Waals surface area contributed by atoms with Crippen molar-refractivity contribution in [1.82, 2.24) is 0 Å². The Kier molecular flexibility index (Phi) is 3.29. The maximum absolute atomic E-state index is 8.96. The second-order valence-electron chi connectivity index (χ2n) is 3.34. The Bertz CT molecular complexity index is 376. The van der Waals surface area contributed by atoms with Crippen LogP contribution in [-0.2, 0) is 4.74 Å². The molecule has 2 aliphatic carbocycles. The summed E-state index contributed by atoms with van der Waals surface area (Å²) in [4.78, 5) is 0. The molecule has 2 rings (SSSR count). The molecule has 0 amide bonds. The summed E-state index contributed by atoms with van der Waals surface area (Å²) in [5.41, 5.74) is 0. The van der Waals surface area contributed by atoms with Gasteiger partial charge in [0.25, 0.3) is 0 Å². The summed E-state index contributed by atoms with van der Waals surface area (Å²) in [5, 5.41) is 11.8. The normalized spacial score (nSPS) is 14.4. The van der Waals surface area contributed by atoms with Gasteiger partial charge in [-0.25, -0.2) is 0 Å². The standard InChI is InChI=1S/C6H10O2.C6H4/c1-4-5-6(2,7)8-3;1-2-6-4-3-5(1)6/h1,7H,5H2,2-3H3;1-4H. The van der Waals surface area contributed by atoms with Gasteiger partial charge in [-0.2, -0.15) is 0 Å². The molecule has 0 radical (unpaired) electrons. The van der Waals surface area contributed by atoms with Gasteiger partial charge in [-0.05, 0) is 17.4 Å². The lowest BCUT2D eigenvalue weighted by Gasteiger charge is -2.17. The summed E-state index contributed by atoms with van der Waals surface area (Å²) in [6, 6.07) is 8.48. The highest BCUT2D eigenvalue weighted by atomic mass is 16.6. The summed E-state index contributed by atoms with van der Waals surface area (Å²) in [6.45, 7) is 1.52. The molecule has 0 bridgehead atoms. The van der Waals surface area contributed by atoms with Crippen molar-refractivity contribution < 1.29 is 9.84 Å². The van der Waals surface area contributed by atoms with Gasteiger partial charge in [0.1, 0.15) is 0 Å². The third kappa shape index (κ3) is 2.59. The van der Waals surface area contributed by atoms with Crippen LogP contribution in [0.2, 0.25) is 0 Å². The highest BCUT2D eigenvalue weighted by Gasteiger charge is 2.15. The third-order valence-corrected chi connectivity index (χ3v) is 2.09. The lowest BCUT2D eigenvalue weighted by atomic mass is 10.1. The van der Waals surface area contributed by atoms with Crippen LogP contribution < -0.4 is 0 Å². The smallest absolute Gasteiger partial charge is 0.173 e. The van der Waals surface area contributed by atoms with Crippen LogP contribution in [0.5, 0.6) is 0 Å². The fourth-order valence-electron chi connectivity index (χ4n) is 0.924. The molecule has 1 unspecified atom stereocenters. The lowest BCUT2D eigenvalue weighted by Crippen LogP contribution is -2.25. The lowest BCUT2D eigenvalue weighted by molar-refractivity contribution is -0.165. The van der Waals surface area contributed by atoms with E-state index < -0.39 is 5.79 Å². The Morgan fingerprint density at radius 2 is 1.79 bits per heavy atom. The zero-order valence-electron chi connectivity index (χ0n) is 8.45. The van der Waals surface area contributed by atoms with Gasteiger partial charge in [-0.3, -0.25) is 0 Å². The van der Waals surface area contributed by atoms with E-state index in [0.29, 0.717) is 0 Å². The third-order valence-electron chi connectivity index (χ3n) is 2.09. The Labute approximate surface area is 83.8 Å². The minimum absolute atomic E-state index is 0.226. The van der Waals surface area contributed by atoms with E-state index in [9.17, 15) is 0 Å². The summed E-state index contributed by atoms with van der Waals surface area (Å²) >= 11 is 0. The minimum Gasteiger partial charge on any atom is -0.365 e. The Morgan fingerprint density at radius 3 is 1.86 bits per heavy atom. The number of aliphatic hydroxyl groups is 1. The van der Waals surface area contributed by atoms with E-state index in [4.69, 9.17) is 11.5 Å². The Morgan fingerprint density at radius 1 is 1.36 bits per heavy atom. The van der Waals surface area contributed by atoms with Gasteiger partial charge in [0.05, 0.1) is 6.42 Å². The number of ether oxygens (including phenoxy) is 1. The second-order valence-corrected chi connectivity index (χ2v) is 3.34. The Balaban J connectivity index is 0.000000143.